The van der Waals surface area contributed by atoms with Crippen molar-refractivity contribution < 1.29 is 9.47 Å². The first-order valence-corrected chi connectivity index (χ1v) is 9.33. The summed E-state index contributed by atoms with van der Waals surface area (Å²) in [6, 6.07) is 13.2. The Kier molecular flexibility index (Phi) is 6.21. The second-order valence-electron chi connectivity index (χ2n) is 6.23. The van der Waals surface area contributed by atoms with Gasteiger partial charge in [-0.05, 0) is 56.7 Å². The van der Waals surface area contributed by atoms with E-state index in [0.29, 0.717) is 29.1 Å². The van der Waals surface area contributed by atoms with Crippen molar-refractivity contribution in [3.05, 3.63) is 58.7 Å². The van der Waals surface area contributed by atoms with Gasteiger partial charge in [0.1, 0.15) is 17.3 Å². The Balaban J connectivity index is 1.83. The van der Waals surface area contributed by atoms with Gasteiger partial charge in [-0.25, -0.2) is 4.98 Å². The number of anilines is 4. The number of halogens is 1. The average molecular weight is 399 g/mol. The Morgan fingerprint density at radius 2 is 1.75 bits per heavy atom. The quantitative estimate of drug-likeness (QED) is 0.536. The maximum Gasteiger partial charge on any atom is 0.229 e. The van der Waals surface area contributed by atoms with Crippen LogP contribution >= 0.6 is 11.6 Å². The van der Waals surface area contributed by atoms with E-state index < -0.39 is 0 Å². The van der Waals surface area contributed by atoms with E-state index in [2.05, 4.69) is 20.6 Å². The molecule has 0 unspecified atom stereocenters. The van der Waals surface area contributed by atoms with Gasteiger partial charge in [0.05, 0.1) is 19.4 Å². The molecular formula is C21H23ClN4O2. The highest BCUT2D eigenvalue weighted by molar-refractivity contribution is 6.31. The average Bonchev–Trinajstić information content (AvgIpc) is 2.66. The van der Waals surface area contributed by atoms with Gasteiger partial charge < -0.3 is 20.1 Å². The zero-order valence-electron chi connectivity index (χ0n) is 16.3. The van der Waals surface area contributed by atoms with Crippen molar-refractivity contribution in [3.8, 4) is 11.5 Å². The Labute approximate surface area is 169 Å². The van der Waals surface area contributed by atoms with Crippen LogP contribution in [0.3, 0.4) is 0 Å². The third-order valence-corrected chi connectivity index (χ3v) is 4.43. The van der Waals surface area contributed by atoms with Crippen molar-refractivity contribution in [1.29, 1.82) is 0 Å². The van der Waals surface area contributed by atoms with Gasteiger partial charge in [-0.3, -0.25) is 0 Å². The zero-order chi connectivity index (χ0) is 20.1. The lowest BCUT2D eigenvalue weighted by Crippen LogP contribution is -2.03. The van der Waals surface area contributed by atoms with Crippen LogP contribution in [0.4, 0.5) is 23.1 Å². The van der Waals surface area contributed by atoms with Crippen LogP contribution in [-0.2, 0) is 0 Å². The Hall–Kier alpha value is -2.99. The van der Waals surface area contributed by atoms with E-state index in [9.17, 15) is 0 Å². The number of hydrogen-bond donors (Lipinski definition) is 2. The molecule has 0 aliphatic heterocycles. The third kappa shape index (κ3) is 4.84. The van der Waals surface area contributed by atoms with Crippen molar-refractivity contribution in [2.75, 3.05) is 24.4 Å². The first kappa shape index (κ1) is 19.8. The smallest absolute Gasteiger partial charge is 0.229 e. The van der Waals surface area contributed by atoms with Crippen LogP contribution in [0.25, 0.3) is 0 Å². The number of benzene rings is 2. The maximum absolute atomic E-state index is 6.19. The molecule has 0 spiro atoms. The van der Waals surface area contributed by atoms with Crippen LogP contribution in [0.15, 0.2) is 42.5 Å². The first-order valence-electron chi connectivity index (χ1n) is 8.95. The standard InChI is InChI=1S/C21H23ClN4O2/c1-5-28-16-8-6-15(7-9-16)24-21-23-14(3)11-20(26-21)25-18-10-13(2)17(22)12-19(18)27-4/h6-12H,5H2,1-4H3,(H2,23,24,25,26). The first-order chi connectivity index (χ1) is 13.5. The molecule has 2 N–H and O–H groups in total. The Bertz CT molecular complexity index is 961. The number of methoxy groups -OCH3 is 1. The molecular weight excluding hydrogens is 376 g/mol. The van der Waals surface area contributed by atoms with E-state index in [1.165, 1.54) is 0 Å². The third-order valence-electron chi connectivity index (χ3n) is 4.02. The van der Waals surface area contributed by atoms with Crippen molar-refractivity contribution >= 4 is 34.7 Å². The predicted octanol–water partition coefficient (Wildman–Crippen LogP) is 5.64. The normalized spacial score (nSPS) is 10.5. The molecule has 0 saturated heterocycles. The molecule has 2 aromatic carbocycles. The molecule has 1 heterocycles. The molecule has 0 radical (unpaired) electrons. The molecule has 28 heavy (non-hydrogen) atoms. The minimum Gasteiger partial charge on any atom is -0.495 e. The van der Waals surface area contributed by atoms with Crippen molar-refractivity contribution in [2.45, 2.75) is 20.8 Å². The number of hydrogen-bond acceptors (Lipinski definition) is 6. The molecule has 0 amide bonds. The summed E-state index contributed by atoms with van der Waals surface area (Å²) in [4.78, 5) is 9.02. The minimum atomic E-state index is 0.497. The number of aromatic nitrogens is 2. The SMILES string of the molecule is CCOc1ccc(Nc2nc(C)cc(Nc3cc(C)c(Cl)cc3OC)n2)cc1. The summed E-state index contributed by atoms with van der Waals surface area (Å²) in [7, 11) is 1.61. The molecule has 3 rings (SSSR count). The summed E-state index contributed by atoms with van der Waals surface area (Å²) in [5.41, 5.74) is 3.44. The summed E-state index contributed by atoms with van der Waals surface area (Å²) in [6.45, 7) is 6.45. The fourth-order valence-corrected chi connectivity index (χ4v) is 2.84. The van der Waals surface area contributed by atoms with E-state index in [1.807, 2.05) is 57.2 Å². The lowest BCUT2D eigenvalue weighted by molar-refractivity contribution is 0.340. The Morgan fingerprint density at radius 1 is 1.00 bits per heavy atom. The number of nitrogens with one attached hydrogen (secondary N) is 2. The van der Waals surface area contributed by atoms with Crippen LogP contribution in [0.2, 0.25) is 5.02 Å². The van der Waals surface area contributed by atoms with E-state index in [4.69, 9.17) is 21.1 Å². The molecule has 7 heteroatoms. The fourth-order valence-electron chi connectivity index (χ4n) is 2.69. The number of aryl methyl sites for hydroxylation is 2. The summed E-state index contributed by atoms with van der Waals surface area (Å²) >= 11 is 6.19. The highest BCUT2D eigenvalue weighted by atomic mass is 35.5. The summed E-state index contributed by atoms with van der Waals surface area (Å²) in [5, 5.41) is 7.16. The maximum atomic E-state index is 6.19. The second kappa shape index (κ2) is 8.80. The molecule has 6 nitrogen and oxygen atoms in total. The summed E-state index contributed by atoms with van der Waals surface area (Å²) in [5.74, 6) is 2.62. The number of nitrogens with zero attached hydrogens (tertiary/aromatic N) is 2. The topological polar surface area (TPSA) is 68.3 Å². The van der Waals surface area contributed by atoms with E-state index in [-0.39, 0.29) is 0 Å². The Morgan fingerprint density at radius 3 is 2.43 bits per heavy atom. The molecule has 0 fully saturated rings. The minimum absolute atomic E-state index is 0.497. The molecule has 3 aromatic rings. The van der Waals surface area contributed by atoms with Crippen LogP contribution in [0.1, 0.15) is 18.2 Å². The number of rotatable bonds is 7. The van der Waals surface area contributed by atoms with Crippen LogP contribution in [0, 0.1) is 13.8 Å². The highest BCUT2D eigenvalue weighted by Crippen LogP contribution is 2.33. The lowest BCUT2D eigenvalue weighted by Gasteiger charge is -2.14. The van der Waals surface area contributed by atoms with Gasteiger partial charge in [0.15, 0.2) is 0 Å². The van der Waals surface area contributed by atoms with Crippen molar-refractivity contribution in [1.82, 2.24) is 9.97 Å². The van der Waals surface area contributed by atoms with Crippen molar-refractivity contribution in [3.63, 3.8) is 0 Å². The highest BCUT2D eigenvalue weighted by Gasteiger charge is 2.10. The number of ether oxygens (including phenoxy) is 2. The van der Waals surface area contributed by atoms with Gasteiger partial charge in [0, 0.05) is 28.5 Å². The van der Waals surface area contributed by atoms with E-state index in [1.54, 1.807) is 13.2 Å². The zero-order valence-corrected chi connectivity index (χ0v) is 17.1. The molecule has 0 atom stereocenters. The van der Waals surface area contributed by atoms with Gasteiger partial charge in [-0.2, -0.15) is 4.98 Å². The molecule has 1 aromatic heterocycles. The second-order valence-corrected chi connectivity index (χ2v) is 6.63. The van der Waals surface area contributed by atoms with Crippen LogP contribution < -0.4 is 20.1 Å². The largest absolute Gasteiger partial charge is 0.495 e. The molecule has 0 aliphatic rings. The van der Waals surface area contributed by atoms with Crippen LogP contribution in [-0.4, -0.2) is 23.7 Å². The predicted molar refractivity (Wildman–Crippen MR) is 114 cm³/mol. The van der Waals surface area contributed by atoms with Gasteiger partial charge in [0.2, 0.25) is 5.95 Å². The monoisotopic (exact) mass is 398 g/mol. The molecule has 146 valence electrons. The summed E-state index contributed by atoms with van der Waals surface area (Å²) in [6.07, 6.45) is 0. The van der Waals surface area contributed by atoms with Gasteiger partial charge >= 0.3 is 0 Å². The van der Waals surface area contributed by atoms with Crippen molar-refractivity contribution in [2.24, 2.45) is 0 Å². The van der Waals surface area contributed by atoms with Crippen LogP contribution in [0.5, 0.6) is 11.5 Å². The van der Waals surface area contributed by atoms with E-state index in [0.717, 1.165) is 28.4 Å². The van der Waals surface area contributed by atoms with E-state index >= 15 is 0 Å². The lowest BCUT2D eigenvalue weighted by atomic mass is 10.2. The summed E-state index contributed by atoms with van der Waals surface area (Å²) < 4.78 is 10.9. The molecule has 0 saturated carbocycles. The van der Waals surface area contributed by atoms with Gasteiger partial charge in [0.25, 0.3) is 0 Å². The molecule has 0 aliphatic carbocycles. The fraction of sp³-hybridized carbons (Fsp3) is 0.238. The van der Waals surface area contributed by atoms with Gasteiger partial charge in [-0.1, -0.05) is 11.6 Å². The van der Waals surface area contributed by atoms with Gasteiger partial charge in [-0.15, -0.1) is 0 Å². The molecule has 0 bridgehead atoms.